The molecule has 0 bridgehead atoms. The number of nitrogens with zero attached hydrogens (tertiary/aromatic N) is 4. The van der Waals surface area contributed by atoms with E-state index in [0.29, 0.717) is 0 Å². The molecule has 6 nitrogen and oxygen atoms in total. The normalized spacial score (nSPS) is 12.3. The summed E-state index contributed by atoms with van der Waals surface area (Å²) in [5, 5.41) is 9.60. The van der Waals surface area contributed by atoms with Crippen molar-refractivity contribution in [2.45, 2.75) is 12.5 Å². The Hall–Kier alpha value is -2.97. The number of nitrogens with one attached hydrogen (secondary N) is 1. The largest absolute Gasteiger partial charge is 0.415 e. The van der Waals surface area contributed by atoms with Crippen LogP contribution in [0.3, 0.4) is 0 Å². The molecule has 0 radical (unpaired) electrons. The van der Waals surface area contributed by atoms with Gasteiger partial charge in [-0.3, -0.25) is 0 Å². The minimum atomic E-state index is -2.84. The van der Waals surface area contributed by atoms with Gasteiger partial charge in [0.2, 0.25) is 5.95 Å². The Kier molecular flexibility index (Phi) is 4.69. The van der Waals surface area contributed by atoms with Crippen molar-refractivity contribution in [2.24, 2.45) is 0 Å². The number of anilines is 1. The number of rotatable bonds is 6. The van der Waals surface area contributed by atoms with Gasteiger partial charge in [-0.15, -0.1) is 10.2 Å². The predicted octanol–water partition coefficient (Wildman–Crippen LogP) is 3.59. The van der Waals surface area contributed by atoms with Crippen LogP contribution in [0, 0.1) is 0 Å². The van der Waals surface area contributed by atoms with Crippen LogP contribution in [0.5, 0.6) is 0 Å². The number of hydrogen-bond acceptors (Lipinski definition) is 6. The first kappa shape index (κ1) is 15.9. The van der Waals surface area contributed by atoms with Crippen molar-refractivity contribution in [3.63, 3.8) is 0 Å². The van der Waals surface area contributed by atoms with Gasteiger partial charge in [0.25, 0.3) is 11.8 Å². The zero-order valence-corrected chi connectivity index (χ0v) is 12.2. The molecule has 1 aromatic carbocycles. The van der Waals surface area contributed by atoms with Crippen molar-refractivity contribution >= 4 is 5.95 Å². The maximum absolute atomic E-state index is 13.2. The van der Waals surface area contributed by atoms with E-state index < -0.39 is 25.0 Å². The Labute approximate surface area is 134 Å². The summed E-state index contributed by atoms with van der Waals surface area (Å²) in [4.78, 5) is 8.04. The zero-order chi connectivity index (χ0) is 16.9. The van der Waals surface area contributed by atoms with Gasteiger partial charge in [-0.05, 0) is 5.56 Å². The molecule has 9 heteroatoms. The quantitative estimate of drug-likeness (QED) is 0.742. The van der Waals surface area contributed by atoms with Crippen molar-refractivity contribution in [2.75, 3.05) is 12.0 Å². The first-order chi connectivity index (χ1) is 11.7. The van der Waals surface area contributed by atoms with Crippen LogP contribution >= 0.6 is 0 Å². The third-order valence-corrected chi connectivity index (χ3v) is 3.19. The van der Waals surface area contributed by atoms with Gasteiger partial charge in [0, 0.05) is 12.4 Å². The first-order valence-corrected chi connectivity index (χ1v) is 6.99. The fraction of sp³-hybridized carbons (Fsp3) is 0.200. The molecule has 1 N–H and O–H groups in total. The monoisotopic (exact) mass is 335 g/mol. The highest BCUT2D eigenvalue weighted by atomic mass is 19.3. The highest BCUT2D eigenvalue weighted by Gasteiger charge is 2.18. The van der Waals surface area contributed by atoms with Crippen LogP contribution < -0.4 is 5.32 Å². The van der Waals surface area contributed by atoms with Crippen LogP contribution in [0.25, 0.3) is 11.5 Å². The highest BCUT2D eigenvalue weighted by Crippen LogP contribution is 2.23. The number of aromatic nitrogens is 4. The first-order valence-electron chi connectivity index (χ1n) is 6.99. The summed E-state index contributed by atoms with van der Waals surface area (Å²) in [6.07, 6.45) is -0.180. The fourth-order valence-electron chi connectivity index (χ4n) is 2.00. The third kappa shape index (κ3) is 3.50. The van der Waals surface area contributed by atoms with Gasteiger partial charge in [0.05, 0.1) is 11.6 Å². The van der Waals surface area contributed by atoms with E-state index in [4.69, 9.17) is 4.42 Å². The summed E-state index contributed by atoms with van der Waals surface area (Å²) < 4.78 is 42.9. The van der Waals surface area contributed by atoms with Gasteiger partial charge in [-0.1, -0.05) is 30.3 Å². The molecule has 1 atom stereocenters. The van der Waals surface area contributed by atoms with E-state index in [1.54, 1.807) is 24.3 Å². The molecule has 3 rings (SSSR count). The van der Waals surface area contributed by atoms with Crippen LogP contribution in [0.2, 0.25) is 0 Å². The van der Waals surface area contributed by atoms with Gasteiger partial charge in [-0.2, -0.15) is 8.78 Å². The third-order valence-electron chi connectivity index (χ3n) is 3.19. The fourth-order valence-corrected chi connectivity index (χ4v) is 2.00. The van der Waals surface area contributed by atoms with E-state index in [-0.39, 0.29) is 17.4 Å². The van der Waals surface area contributed by atoms with Gasteiger partial charge >= 0.3 is 6.43 Å². The molecule has 0 saturated heterocycles. The van der Waals surface area contributed by atoms with Crippen LogP contribution in [-0.2, 0) is 0 Å². The highest BCUT2D eigenvalue weighted by molar-refractivity contribution is 5.50. The SMILES string of the molecule is FCC(Nc1ncc(-c2nnc(C(F)F)o2)cn1)c1ccccc1. The predicted molar refractivity (Wildman–Crippen MR) is 79.1 cm³/mol. The molecule has 0 saturated carbocycles. The van der Waals surface area contributed by atoms with Crippen molar-refractivity contribution in [1.82, 2.24) is 20.2 Å². The van der Waals surface area contributed by atoms with Crippen molar-refractivity contribution in [3.05, 3.63) is 54.2 Å². The molecule has 3 aromatic rings. The topological polar surface area (TPSA) is 76.7 Å². The second-order valence-corrected chi connectivity index (χ2v) is 4.80. The summed E-state index contributed by atoms with van der Waals surface area (Å²) >= 11 is 0. The van der Waals surface area contributed by atoms with E-state index in [1.165, 1.54) is 12.4 Å². The summed E-state index contributed by atoms with van der Waals surface area (Å²) in [6, 6.07) is 8.43. The number of benzene rings is 1. The van der Waals surface area contributed by atoms with E-state index in [0.717, 1.165) is 5.56 Å². The lowest BCUT2D eigenvalue weighted by Crippen LogP contribution is -2.14. The molecule has 0 aliphatic rings. The standard InChI is InChI=1S/C15H12F3N5O/c16-6-11(9-4-2-1-3-5-9)21-15-19-7-10(8-20-15)13-22-23-14(24-13)12(17)18/h1-5,7-8,11-12H,6H2,(H,19,20,21). The van der Waals surface area contributed by atoms with Crippen molar-refractivity contribution in [3.8, 4) is 11.5 Å². The maximum atomic E-state index is 13.2. The van der Waals surface area contributed by atoms with Crippen molar-refractivity contribution < 1.29 is 17.6 Å². The van der Waals surface area contributed by atoms with E-state index in [1.807, 2.05) is 6.07 Å². The van der Waals surface area contributed by atoms with E-state index >= 15 is 0 Å². The molecule has 0 amide bonds. The molecular formula is C15H12F3N5O. The minimum absolute atomic E-state index is 0.109. The minimum Gasteiger partial charge on any atom is -0.415 e. The Balaban J connectivity index is 1.74. The molecule has 0 spiro atoms. The summed E-state index contributed by atoms with van der Waals surface area (Å²) in [5.74, 6) is -0.686. The molecule has 2 heterocycles. The Bertz CT molecular complexity index is 779. The average Bonchev–Trinajstić information content (AvgIpc) is 3.11. The number of hydrogen-bond donors (Lipinski definition) is 1. The molecule has 0 aliphatic heterocycles. The number of alkyl halides is 3. The molecule has 24 heavy (non-hydrogen) atoms. The van der Waals surface area contributed by atoms with Gasteiger partial charge in [0.1, 0.15) is 6.67 Å². The molecule has 0 fully saturated rings. The summed E-state index contributed by atoms with van der Waals surface area (Å²) in [6.45, 7) is -0.642. The van der Waals surface area contributed by atoms with E-state index in [9.17, 15) is 13.2 Å². The van der Waals surface area contributed by atoms with E-state index in [2.05, 4.69) is 25.5 Å². The van der Waals surface area contributed by atoms with Crippen LogP contribution in [-0.4, -0.2) is 26.8 Å². The molecule has 2 aromatic heterocycles. The second-order valence-electron chi connectivity index (χ2n) is 4.80. The Morgan fingerprint density at radius 2 is 1.75 bits per heavy atom. The van der Waals surface area contributed by atoms with Crippen molar-refractivity contribution in [1.29, 1.82) is 0 Å². The van der Waals surface area contributed by atoms with Gasteiger partial charge < -0.3 is 9.73 Å². The average molecular weight is 335 g/mol. The summed E-state index contributed by atoms with van der Waals surface area (Å²) in [7, 11) is 0. The smallest absolute Gasteiger partial charge is 0.314 e. The van der Waals surface area contributed by atoms with Crippen LogP contribution in [0.4, 0.5) is 19.1 Å². The molecule has 1 unspecified atom stereocenters. The summed E-state index contributed by atoms with van der Waals surface area (Å²) in [5.41, 5.74) is 1.04. The number of halogens is 3. The second kappa shape index (κ2) is 7.07. The Morgan fingerprint density at radius 1 is 1.04 bits per heavy atom. The lowest BCUT2D eigenvalue weighted by molar-refractivity contribution is 0.116. The van der Waals surface area contributed by atoms with Crippen LogP contribution in [0.1, 0.15) is 23.9 Å². The molecule has 0 aliphatic carbocycles. The lowest BCUT2D eigenvalue weighted by Gasteiger charge is -2.15. The lowest BCUT2D eigenvalue weighted by atomic mass is 10.1. The van der Waals surface area contributed by atoms with Gasteiger partial charge in [-0.25, -0.2) is 14.4 Å². The zero-order valence-electron chi connectivity index (χ0n) is 12.2. The Morgan fingerprint density at radius 3 is 2.33 bits per heavy atom. The van der Waals surface area contributed by atoms with Gasteiger partial charge in [0.15, 0.2) is 0 Å². The van der Waals surface area contributed by atoms with Crippen LogP contribution in [0.15, 0.2) is 47.1 Å². The maximum Gasteiger partial charge on any atom is 0.314 e. The molecule has 124 valence electrons. The molecular weight excluding hydrogens is 323 g/mol.